The molecule has 2 saturated heterocycles. The Morgan fingerprint density at radius 2 is 2.20 bits per heavy atom. The van der Waals surface area contributed by atoms with Crippen LogP contribution in [-0.4, -0.2) is 46.6 Å². The fourth-order valence-electron chi connectivity index (χ4n) is 2.90. The number of carboxylic acids is 1. The van der Waals surface area contributed by atoms with Gasteiger partial charge >= 0.3 is 5.97 Å². The zero-order valence-electron chi connectivity index (χ0n) is 8.82. The molecule has 2 aliphatic rings. The van der Waals surface area contributed by atoms with Crippen molar-refractivity contribution in [3.05, 3.63) is 0 Å². The molecule has 0 aromatic carbocycles. The van der Waals surface area contributed by atoms with Gasteiger partial charge in [0.25, 0.3) is 0 Å². The third kappa shape index (κ3) is 1.51. The zero-order valence-corrected chi connectivity index (χ0v) is 8.82. The first kappa shape index (κ1) is 10.4. The minimum atomic E-state index is -1.04. The van der Waals surface area contributed by atoms with Crippen molar-refractivity contribution in [2.75, 3.05) is 13.1 Å². The van der Waals surface area contributed by atoms with E-state index in [1.54, 1.807) is 0 Å². The molecule has 2 fully saturated rings. The number of aliphatic carboxylic acids is 1. The molecule has 84 valence electrons. The van der Waals surface area contributed by atoms with E-state index in [1.165, 1.54) is 6.92 Å². The molecule has 0 aromatic heterocycles. The van der Waals surface area contributed by atoms with Gasteiger partial charge in [-0.3, -0.25) is 9.69 Å². The van der Waals surface area contributed by atoms with Gasteiger partial charge in [-0.25, -0.2) is 4.79 Å². The monoisotopic (exact) mass is 212 g/mol. The van der Waals surface area contributed by atoms with Crippen LogP contribution in [0.4, 0.5) is 0 Å². The second-order valence-electron chi connectivity index (χ2n) is 4.40. The van der Waals surface area contributed by atoms with Crippen LogP contribution in [-0.2, 0) is 9.59 Å². The molecular formula is C10H16N2O3. The third-order valence-corrected chi connectivity index (χ3v) is 3.51. The van der Waals surface area contributed by atoms with Crippen molar-refractivity contribution < 1.29 is 14.7 Å². The molecule has 2 unspecified atom stereocenters. The molecule has 0 aliphatic carbocycles. The summed E-state index contributed by atoms with van der Waals surface area (Å²) in [4.78, 5) is 24.6. The summed E-state index contributed by atoms with van der Waals surface area (Å²) in [7, 11) is 0. The average molecular weight is 212 g/mol. The second kappa shape index (κ2) is 3.48. The minimum absolute atomic E-state index is 0.0149. The summed E-state index contributed by atoms with van der Waals surface area (Å²) in [6.07, 6.45) is 2.42. The summed E-state index contributed by atoms with van der Waals surface area (Å²) in [6, 6.07) is -0.0149. The number of fused-ring (bicyclic) bond motifs is 1. The van der Waals surface area contributed by atoms with E-state index in [1.807, 2.05) is 0 Å². The Hall–Kier alpha value is -1.10. The summed E-state index contributed by atoms with van der Waals surface area (Å²) < 4.78 is 0. The van der Waals surface area contributed by atoms with Gasteiger partial charge in [0.1, 0.15) is 0 Å². The second-order valence-corrected chi connectivity index (χ2v) is 4.40. The average Bonchev–Trinajstić information content (AvgIpc) is 2.67. The standard InChI is InChI=1S/C10H16N2O3/c1-7(13)11-10(9(14)15)4-6-12-5-2-3-8(10)12/h8H,2-6H2,1H3,(H,11,13)(H,14,15). The normalized spacial score (nSPS) is 35.1. The van der Waals surface area contributed by atoms with E-state index in [-0.39, 0.29) is 11.9 Å². The van der Waals surface area contributed by atoms with Crippen LogP contribution in [0.3, 0.4) is 0 Å². The number of nitrogens with one attached hydrogen (secondary N) is 1. The molecule has 1 amide bonds. The lowest BCUT2D eigenvalue weighted by Gasteiger charge is -2.31. The number of hydrogen-bond acceptors (Lipinski definition) is 3. The summed E-state index contributed by atoms with van der Waals surface area (Å²) in [5.74, 6) is -1.15. The topological polar surface area (TPSA) is 69.6 Å². The number of carbonyl (C=O) groups excluding carboxylic acids is 1. The molecule has 5 heteroatoms. The molecule has 2 atom stereocenters. The van der Waals surface area contributed by atoms with E-state index in [4.69, 9.17) is 0 Å². The van der Waals surface area contributed by atoms with Gasteiger partial charge in [0.05, 0.1) is 0 Å². The van der Waals surface area contributed by atoms with Crippen molar-refractivity contribution in [1.82, 2.24) is 10.2 Å². The van der Waals surface area contributed by atoms with Crippen molar-refractivity contribution in [3.8, 4) is 0 Å². The molecule has 0 spiro atoms. The summed E-state index contributed by atoms with van der Waals surface area (Å²) in [6.45, 7) is 3.11. The van der Waals surface area contributed by atoms with E-state index in [0.717, 1.165) is 25.9 Å². The third-order valence-electron chi connectivity index (χ3n) is 3.51. The Morgan fingerprint density at radius 3 is 2.80 bits per heavy atom. The quantitative estimate of drug-likeness (QED) is 0.666. The number of carbonyl (C=O) groups is 2. The maximum absolute atomic E-state index is 11.4. The first-order chi connectivity index (χ1) is 7.06. The molecular weight excluding hydrogens is 196 g/mol. The fraction of sp³-hybridized carbons (Fsp3) is 0.800. The molecule has 0 bridgehead atoms. The highest BCUT2D eigenvalue weighted by atomic mass is 16.4. The SMILES string of the molecule is CC(=O)NC1(C(=O)O)CCN2CCCC21. The fourth-order valence-corrected chi connectivity index (χ4v) is 2.90. The lowest BCUT2D eigenvalue weighted by Crippen LogP contribution is -2.60. The van der Waals surface area contributed by atoms with Crippen LogP contribution in [0.25, 0.3) is 0 Å². The molecule has 0 aromatic rings. The van der Waals surface area contributed by atoms with Crippen molar-refractivity contribution in [2.45, 2.75) is 37.8 Å². The smallest absolute Gasteiger partial charge is 0.331 e. The molecule has 2 rings (SSSR count). The van der Waals surface area contributed by atoms with E-state index in [9.17, 15) is 14.7 Å². The predicted molar refractivity (Wildman–Crippen MR) is 53.4 cm³/mol. The molecule has 0 radical (unpaired) electrons. The van der Waals surface area contributed by atoms with Crippen LogP contribution in [0, 0.1) is 0 Å². The van der Waals surface area contributed by atoms with Gasteiger partial charge in [0.2, 0.25) is 5.91 Å². The Balaban J connectivity index is 2.26. The van der Waals surface area contributed by atoms with Crippen molar-refractivity contribution in [3.63, 3.8) is 0 Å². The van der Waals surface area contributed by atoms with E-state index in [0.29, 0.717) is 6.42 Å². The number of hydrogen-bond donors (Lipinski definition) is 2. The van der Waals surface area contributed by atoms with Crippen LogP contribution >= 0.6 is 0 Å². The highest BCUT2D eigenvalue weighted by Gasteiger charge is 2.54. The van der Waals surface area contributed by atoms with Crippen LogP contribution in [0.5, 0.6) is 0 Å². The van der Waals surface area contributed by atoms with Gasteiger partial charge in [-0.05, 0) is 25.8 Å². The Labute approximate surface area is 88.4 Å². The Kier molecular flexibility index (Phi) is 2.42. The van der Waals surface area contributed by atoms with Crippen molar-refractivity contribution in [2.24, 2.45) is 0 Å². The van der Waals surface area contributed by atoms with E-state index in [2.05, 4.69) is 10.2 Å². The molecule has 5 nitrogen and oxygen atoms in total. The van der Waals surface area contributed by atoms with Gasteiger partial charge in [-0.1, -0.05) is 0 Å². The maximum Gasteiger partial charge on any atom is 0.331 e. The lowest BCUT2D eigenvalue weighted by molar-refractivity contribution is -0.148. The largest absolute Gasteiger partial charge is 0.479 e. The Bertz CT molecular complexity index is 305. The minimum Gasteiger partial charge on any atom is -0.479 e. The van der Waals surface area contributed by atoms with Crippen molar-refractivity contribution in [1.29, 1.82) is 0 Å². The summed E-state index contributed by atoms with van der Waals surface area (Å²) in [5, 5.41) is 12.0. The van der Waals surface area contributed by atoms with E-state index >= 15 is 0 Å². The van der Waals surface area contributed by atoms with Gasteiger partial charge < -0.3 is 10.4 Å². The molecule has 2 aliphatic heterocycles. The van der Waals surface area contributed by atoms with Crippen LogP contribution in [0.15, 0.2) is 0 Å². The van der Waals surface area contributed by atoms with Gasteiger partial charge in [-0.15, -0.1) is 0 Å². The van der Waals surface area contributed by atoms with E-state index < -0.39 is 11.5 Å². The molecule has 15 heavy (non-hydrogen) atoms. The maximum atomic E-state index is 11.4. The summed E-state index contributed by atoms with van der Waals surface area (Å²) >= 11 is 0. The predicted octanol–water partition coefficient (Wildman–Crippen LogP) is -0.186. The van der Waals surface area contributed by atoms with Crippen molar-refractivity contribution >= 4 is 11.9 Å². The van der Waals surface area contributed by atoms with Gasteiger partial charge in [-0.2, -0.15) is 0 Å². The number of carboxylic acid groups (broad SMARTS) is 1. The van der Waals surface area contributed by atoms with Gasteiger partial charge in [0, 0.05) is 19.5 Å². The lowest BCUT2D eigenvalue weighted by atomic mass is 9.88. The van der Waals surface area contributed by atoms with Crippen LogP contribution in [0.1, 0.15) is 26.2 Å². The Morgan fingerprint density at radius 1 is 1.47 bits per heavy atom. The highest BCUT2D eigenvalue weighted by Crippen LogP contribution is 2.36. The van der Waals surface area contributed by atoms with Gasteiger partial charge in [0.15, 0.2) is 5.54 Å². The number of nitrogens with zero attached hydrogens (tertiary/aromatic N) is 1. The molecule has 0 saturated carbocycles. The zero-order chi connectivity index (χ0) is 11.1. The molecule has 2 N–H and O–H groups in total. The highest BCUT2D eigenvalue weighted by molar-refractivity contribution is 5.87. The van der Waals surface area contributed by atoms with Crippen LogP contribution in [0.2, 0.25) is 0 Å². The number of amides is 1. The first-order valence-corrected chi connectivity index (χ1v) is 5.32. The van der Waals surface area contributed by atoms with Crippen LogP contribution < -0.4 is 5.32 Å². The first-order valence-electron chi connectivity index (χ1n) is 5.32. The summed E-state index contributed by atoms with van der Waals surface area (Å²) in [5.41, 5.74) is -1.04. The molecule has 2 heterocycles. The number of rotatable bonds is 2.